The average molecular weight is 279 g/mol. The maximum Gasteiger partial charge on any atom is 0.180 e. The number of aromatic nitrogens is 2. The molecule has 1 atom stereocenters. The molecule has 1 aromatic heterocycles. The van der Waals surface area contributed by atoms with E-state index in [9.17, 15) is 8.42 Å². The molecule has 0 saturated heterocycles. The van der Waals surface area contributed by atoms with Crippen molar-refractivity contribution in [1.29, 1.82) is 0 Å². The van der Waals surface area contributed by atoms with Crippen LogP contribution in [0.25, 0.3) is 0 Å². The first kappa shape index (κ1) is 13.6. The Hall–Kier alpha value is -1.82. The van der Waals surface area contributed by atoms with E-state index >= 15 is 0 Å². The second-order valence-corrected chi connectivity index (χ2v) is 6.49. The summed E-state index contributed by atoms with van der Waals surface area (Å²) in [6, 6.07) is 6.83. The van der Waals surface area contributed by atoms with Gasteiger partial charge < -0.3 is 10.3 Å². The van der Waals surface area contributed by atoms with Gasteiger partial charge in [0.2, 0.25) is 0 Å². The second kappa shape index (κ2) is 5.44. The van der Waals surface area contributed by atoms with E-state index in [1.807, 2.05) is 13.0 Å². The van der Waals surface area contributed by atoms with E-state index in [0.717, 1.165) is 5.82 Å². The minimum absolute atomic E-state index is 0.0842. The molecule has 2 N–H and O–H groups in total. The first-order chi connectivity index (χ1) is 9.04. The van der Waals surface area contributed by atoms with Crippen LogP contribution in [0.4, 0.5) is 5.69 Å². The molecule has 0 fully saturated rings. The van der Waals surface area contributed by atoms with Gasteiger partial charge in [0.25, 0.3) is 0 Å². The van der Waals surface area contributed by atoms with Crippen LogP contribution in [0.15, 0.2) is 41.6 Å². The highest BCUT2D eigenvalue weighted by Gasteiger charge is 2.18. The van der Waals surface area contributed by atoms with Crippen LogP contribution >= 0.6 is 0 Å². The summed E-state index contributed by atoms with van der Waals surface area (Å²) in [6.45, 7) is 3.57. The molecule has 0 amide bonds. The summed E-state index contributed by atoms with van der Waals surface area (Å²) in [4.78, 5) is 7.49. The molecule has 0 aliphatic rings. The quantitative estimate of drug-likeness (QED) is 0.881. The van der Waals surface area contributed by atoms with Gasteiger partial charge in [0.1, 0.15) is 5.82 Å². The maximum absolute atomic E-state index is 12.0. The number of imidazole rings is 1. The number of aromatic amines is 1. The summed E-state index contributed by atoms with van der Waals surface area (Å²) in [5.41, 5.74) is 0.605. The smallest absolute Gasteiger partial charge is 0.180 e. The van der Waals surface area contributed by atoms with E-state index in [2.05, 4.69) is 15.3 Å². The summed E-state index contributed by atoms with van der Waals surface area (Å²) in [6.07, 6.45) is 3.41. The number of benzene rings is 1. The fourth-order valence-electron chi connectivity index (χ4n) is 1.83. The number of sulfone groups is 1. The summed E-state index contributed by atoms with van der Waals surface area (Å²) in [5.74, 6) is 0.851. The molecular weight excluding hydrogens is 262 g/mol. The highest BCUT2D eigenvalue weighted by Crippen LogP contribution is 2.25. The third-order valence-electron chi connectivity index (χ3n) is 2.90. The zero-order chi connectivity index (χ0) is 13.9. The van der Waals surface area contributed by atoms with Crippen LogP contribution in [0.2, 0.25) is 0 Å². The first-order valence-electron chi connectivity index (χ1n) is 6.12. The molecule has 0 radical (unpaired) electrons. The van der Waals surface area contributed by atoms with Gasteiger partial charge in [-0.3, -0.25) is 0 Å². The molecule has 1 heterocycles. The third kappa shape index (κ3) is 2.96. The van der Waals surface area contributed by atoms with Gasteiger partial charge in [-0.1, -0.05) is 19.1 Å². The molecule has 0 bridgehead atoms. The topological polar surface area (TPSA) is 74.8 Å². The number of nitrogens with zero attached hydrogens (tertiary/aromatic N) is 1. The van der Waals surface area contributed by atoms with Gasteiger partial charge in [-0.15, -0.1) is 0 Å². The lowest BCUT2D eigenvalue weighted by Gasteiger charge is -2.16. The molecule has 2 aromatic rings. The van der Waals surface area contributed by atoms with Crippen LogP contribution in [0, 0.1) is 0 Å². The molecule has 0 aliphatic heterocycles. The van der Waals surface area contributed by atoms with Gasteiger partial charge in [-0.25, -0.2) is 13.4 Å². The van der Waals surface area contributed by atoms with Gasteiger partial charge in [0.15, 0.2) is 9.84 Å². The predicted molar refractivity (Wildman–Crippen MR) is 74.8 cm³/mol. The molecule has 2 rings (SSSR count). The molecule has 19 heavy (non-hydrogen) atoms. The van der Waals surface area contributed by atoms with Crippen molar-refractivity contribution in [2.75, 3.05) is 11.1 Å². The van der Waals surface area contributed by atoms with E-state index in [-0.39, 0.29) is 11.8 Å². The summed E-state index contributed by atoms with van der Waals surface area (Å²) < 4.78 is 24.1. The number of hydrogen-bond acceptors (Lipinski definition) is 4. The van der Waals surface area contributed by atoms with E-state index in [4.69, 9.17) is 0 Å². The minimum Gasteiger partial charge on any atom is -0.374 e. The van der Waals surface area contributed by atoms with Crippen molar-refractivity contribution in [2.45, 2.75) is 24.8 Å². The molecule has 0 saturated carbocycles. The lowest BCUT2D eigenvalue weighted by Crippen LogP contribution is -2.13. The van der Waals surface area contributed by atoms with Crippen molar-refractivity contribution in [3.63, 3.8) is 0 Å². The molecule has 5 nitrogen and oxygen atoms in total. The monoisotopic (exact) mass is 279 g/mol. The molecule has 1 aromatic carbocycles. The molecule has 0 aliphatic carbocycles. The summed E-state index contributed by atoms with van der Waals surface area (Å²) >= 11 is 0. The Labute approximate surface area is 113 Å². The SMILES string of the molecule is CCS(=O)(=O)c1ccccc1NC(C)c1ncc[nH]1. The lowest BCUT2D eigenvalue weighted by atomic mass is 10.2. The fraction of sp³-hybridized carbons (Fsp3) is 0.308. The standard InChI is InChI=1S/C13H17N3O2S/c1-3-19(17,18)12-7-5-4-6-11(12)16-10(2)13-14-8-9-15-13/h4-10,16H,3H2,1-2H3,(H,14,15). The number of hydrogen-bond donors (Lipinski definition) is 2. The van der Waals surface area contributed by atoms with Gasteiger partial charge in [0.05, 0.1) is 22.4 Å². The molecule has 102 valence electrons. The largest absolute Gasteiger partial charge is 0.374 e. The van der Waals surface area contributed by atoms with Gasteiger partial charge in [0, 0.05) is 12.4 Å². The summed E-state index contributed by atoms with van der Waals surface area (Å²) in [7, 11) is -3.24. The van der Waals surface area contributed by atoms with E-state index in [0.29, 0.717) is 10.6 Å². The van der Waals surface area contributed by atoms with Gasteiger partial charge >= 0.3 is 0 Å². The molecular formula is C13H17N3O2S. The van der Waals surface area contributed by atoms with E-state index in [1.165, 1.54) is 0 Å². The Kier molecular flexibility index (Phi) is 3.90. The van der Waals surface area contributed by atoms with Crippen molar-refractivity contribution in [3.8, 4) is 0 Å². The normalized spacial score (nSPS) is 13.2. The predicted octanol–water partition coefficient (Wildman–Crippen LogP) is 2.38. The Balaban J connectivity index is 2.31. The third-order valence-corrected chi connectivity index (χ3v) is 4.69. The first-order valence-corrected chi connectivity index (χ1v) is 7.77. The van der Waals surface area contributed by atoms with Crippen LogP contribution in [0.1, 0.15) is 25.7 Å². The number of anilines is 1. The van der Waals surface area contributed by atoms with Gasteiger partial charge in [-0.2, -0.15) is 0 Å². The summed E-state index contributed by atoms with van der Waals surface area (Å²) in [5, 5.41) is 3.18. The zero-order valence-electron chi connectivity index (χ0n) is 10.9. The molecule has 1 unspecified atom stereocenters. The average Bonchev–Trinajstić information content (AvgIpc) is 2.93. The van der Waals surface area contributed by atoms with Crippen LogP contribution in [-0.4, -0.2) is 24.1 Å². The van der Waals surface area contributed by atoms with Crippen molar-refractivity contribution in [1.82, 2.24) is 9.97 Å². The van der Waals surface area contributed by atoms with Crippen LogP contribution in [-0.2, 0) is 9.84 Å². The minimum atomic E-state index is -3.24. The Morgan fingerprint density at radius 2 is 2.11 bits per heavy atom. The lowest BCUT2D eigenvalue weighted by molar-refractivity contribution is 0.597. The van der Waals surface area contributed by atoms with Crippen molar-refractivity contribution < 1.29 is 8.42 Å². The Bertz CT molecular complexity index is 636. The Morgan fingerprint density at radius 1 is 1.37 bits per heavy atom. The second-order valence-electron chi connectivity index (χ2n) is 4.24. The van der Waals surface area contributed by atoms with Crippen LogP contribution < -0.4 is 5.32 Å². The van der Waals surface area contributed by atoms with Crippen LogP contribution in [0.3, 0.4) is 0 Å². The van der Waals surface area contributed by atoms with Crippen molar-refractivity contribution >= 4 is 15.5 Å². The number of para-hydroxylation sites is 1. The van der Waals surface area contributed by atoms with E-state index in [1.54, 1.807) is 37.5 Å². The fourth-order valence-corrected chi connectivity index (χ4v) is 2.89. The van der Waals surface area contributed by atoms with Crippen molar-refractivity contribution in [3.05, 3.63) is 42.5 Å². The zero-order valence-corrected chi connectivity index (χ0v) is 11.7. The maximum atomic E-state index is 12.0. The van der Waals surface area contributed by atoms with Gasteiger partial charge in [-0.05, 0) is 19.1 Å². The Morgan fingerprint density at radius 3 is 2.74 bits per heavy atom. The molecule has 0 spiro atoms. The van der Waals surface area contributed by atoms with E-state index < -0.39 is 9.84 Å². The molecule has 6 heteroatoms. The van der Waals surface area contributed by atoms with Crippen LogP contribution in [0.5, 0.6) is 0 Å². The highest BCUT2D eigenvalue weighted by atomic mass is 32.2. The number of rotatable bonds is 5. The number of nitrogens with one attached hydrogen (secondary N) is 2. The number of H-pyrrole nitrogens is 1. The highest BCUT2D eigenvalue weighted by molar-refractivity contribution is 7.91. The van der Waals surface area contributed by atoms with Crippen molar-refractivity contribution in [2.24, 2.45) is 0 Å².